The molecule has 0 amide bonds. The first kappa shape index (κ1) is 13.9. The third kappa shape index (κ3) is 4.40. The minimum absolute atomic E-state index is 0.129. The molecule has 0 fully saturated rings. The molecule has 0 aliphatic rings. The molecular formula is C11H26N2O. The summed E-state index contributed by atoms with van der Waals surface area (Å²) >= 11 is 0. The molecule has 0 aliphatic carbocycles. The number of hydrogen-bond acceptors (Lipinski definition) is 3. The van der Waals surface area contributed by atoms with Gasteiger partial charge in [0.2, 0.25) is 0 Å². The van der Waals surface area contributed by atoms with Crippen molar-refractivity contribution in [3.63, 3.8) is 0 Å². The van der Waals surface area contributed by atoms with E-state index in [0.717, 1.165) is 19.4 Å². The fraction of sp³-hybridized carbons (Fsp3) is 1.00. The molecule has 0 rings (SSSR count). The van der Waals surface area contributed by atoms with Crippen LogP contribution in [0.25, 0.3) is 0 Å². The van der Waals surface area contributed by atoms with E-state index in [2.05, 4.69) is 33.1 Å². The third-order valence-electron chi connectivity index (χ3n) is 2.44. The second-order valence-electron chi connectivity index (χ2n) is 4.79. The van der Waals surface area contributed by atoms with E-state index < -0.39 is 0 Å². The van der Waals surface area contributed by atoms with E-state index in [4.69, 9.17) is 10.6 Å². The summed E-state index contributed by atoms with van der Waals surface area (Å²) in [6, 6.07) is 0.211. The van der Waals surface area contributed by atoms with Crippen molar-refractivity contribution in [3.05, 3.63) is 0 Å². The highest BCUT2D eigenvalue weighted by Gasteiger charge is 2.31. The average Bonchev–Trinajstić information content (AvgIpc) is 2.03. The summed E-state index contributed by atoms with van der Waals surface area (Å²) in [5, 5.41) is 0. The van der Waals surface area contributed by atoms with E-state index in [9.17, 15) is 0 Å². The molecule has 3 N–H and O–H groups in total. The fourth-order valence-electron chi connectivity index (χ4n) is 1.76. The van der Waals surface area contributed by atoms with Crippen molar-refractivity contribution in [3.8, 4) is 0 Å². The number of rotatable bonds is 6. The first-order valence-electron chi connectivity index (χ1n) is 5.55. The van der Waals surface area contributed by atoms with Crippen LogP contribution in [-0.4, -0.2) is 18.8 Å². The number of nitrogens with one attached hydrogen (secondary N) is 1. The molecular weight excluding hydrogens is 176 g/mol. The van der Waals surface area contributed by atoms with Crippen LogP contribution in [0.3, 0.4) is 0 Å². The third-order valence-corrected chi connectivity index (χ3v) is 2.44. The van der Waals surface area contributed by atoms with Gasteiger partial charge in [0.15, 0.2) is 0 Å². The zero-order valence-electron chi connectivity index (χ0n) is 10.3. The van der Waals surface area contributed by atoms with Gasteiger partial charge in [0.1, 0.15) is 0 Å². The minimum atomic E-state index is 0.129. The normalized spacial score (nSPS) is 16.7. The average molecular weight is 202 g/mol. The van der Waals surface area contributed by atoms with Gasteiger partial charge in [-0.1, -0.05) is 34.1 Å². The molecule has 0 radical (unpaired) electrons. The monoisotopic (exact) mass is 202 g/mol. The maximum absolute atomic E-state index is 5.72. The van der Waals surface area contributed by atoms with Gasteiger partial charge in [0, 0.05) is 6.61 Å². The molecule has 0 saturated carbocycles. The summed E-state index contributed by atoms with van der Waals surface area (Å²) in [5.74, 6) is 5.59. The van der Waals surface area contributed by atoms with Crippen molar-refractivity contribution in [2.75, 3.05) is 6.61 Å². The molecule has 0 heterocycles. The highest BCUT2D eigenvalue weighted by Crippen LogP contribution is 2.25. The van der Waals surface area contributed by atoms with Gasteiger partial charge < -0.3 is 4.74 Å². The molecule has 3 heteroatoms. The smallest absolute Gasteiger partial charge is 0.0746 e. The van der Waals surface area contributed by atoms with Crippen LogP contribution in [0, 0.1) is 5.41 Å². The number of hydrazine groups is 1. The molecule has 0 aromatic rings. The van der Waals surface area contributed by atoms with Gasteiger partial charge in [-0.25, -0.2) is 0 Å². The molecule has 86 valence electrons. The molecule has 0 bridgehead atoms. The first-order chi connectivity index (χ1) is 6.47. The van der Waals surface area contributed by atoms with E-state index >= 15 is 0 Å². The molecule has 0 aliphatic heterocycles. The van der Waals surface area contributed by atoms with Gasteiger partial charge in [-0.3, -0.25) is 11.3 Å². The molecule has 0 aromatic heterocycles. The van der Waals surface area contributed by atoms with E-state index in [1.807, 2.05) is 6.92 Å². The van der Waals surface area contributed by atoms with Crippen LogP contribution in [0.2, 0.25) is 0 Å². The highest BCUT2D eigenvalue weighted by molar-refractivity contribution is 4.85. The fourth-order valence-corrected chi connectivity index (χ4v) is 1.76. The van der Waals surface area contributed by atoms with Gasteiger partial charge in [-0.2, -0.15) is 0 Å². The van der Waals surface area contributed by atoms with Crippen molar-refractivity contribution < 1.29 is 4.74 Å². The van der Waals surface area contributed by atoms with Crippen LogP contribution in [0.15, 0.2) is 0 Å². The van der Waals surface area contributed by atoms with E-state index in [1.165, 1.54) is 0 Å². The number of ether oxygens (including phenoxy) is 1. The minimum Gasteiger partial charge on any atom is -0.377 e. The first-order valence-corrected chi connectivity index (χ1v) is 5.55. The second kappa shape index (κ2) is 6.38. The van der Waals surface area contributed by atoms with E-state index in [0.29, 0.717) is 0 Å². The Bertz CT molecular complexity index is 137. The van der Waals surface area contributed by atoms with Crippen molar-refractivity contribution in [1.82, 2.24) is 5.43 Å². The summed E-state index contributed by atoms with van der Waals surface area (Å²) in [6.45, 7) is 11.5. The van der Waals surface area contributed by atoms with Gasteiger partial charge in [0.25, 0.3) is 0 Å². The van der Waals surface area contributed by atoms with Crippen LogP contribution < -0.4 is 11.3 Å². The Kier molecular flexibility index (Phi) is 6.33. The maximum Gasteiger partial charge on any atom is 0.0746 e. The maximum atomic E-state index is 5.72. The Morgan fingerprint density at radius 1 is 1.29 bits per heavy atom. The molecule has 2 atom stereocenters. The van der Waals surface area contributed by atoms with Gasteiger partial charge >= 0.3 is 0 Å². The lowest BCUT2D eigenvalue weighted by molar-refractivity contribution is -0.00284. The Balaban J connectivity index is 4.41. The summed E-state index contributed by atoms with van der Waals surface area (Å²) in [4.78, 5) is 0. The van der Waals surface area contributed by atoms with Crippen molar-refractivity contribution in [1.29, 1.82) is 0 Å². The van der Waals surface area contributed by atoms with Crippen molar-refractivity contribution >= 4 is 0 Å². The molecule has 0 aromatic carbocycles. The lowest BCUT2D eigenvalue weighted by Gasteiger charge is -2.36. The Hall–Kier alpha value is -0.120. The summed E-state index contributed by atoms with van der Waals surface area (Å²) < 4.78 is 5.72. The second-order valence-corrected chi connectivity index (χ2v) is 4.79. The molecule has 3 nitrogen and oxygen atoms in total. The Morgan fingerprint density at radius 3 is 2.14 bits per heavy atom. The summed E-state index contributed by atoms with van der Waals surface area (Å²) in [6.07, 6.45) is 2.40. The van der Waals surface area contributed by atoms with Gasteiger partial charge in [-0.05, 0) is 18.8 Å². The predicted molar refractivity (Wildman–Crippen MR) is 60.9 cm³/mol. The van der Waals surface area contributed by atoms with Crippen LogP contribution in [-0.2, 0) is 4.74 Å². The lowest BCUT2D eigenvalue weighted by atomic mass is 9.82. The molecule has 2 unspecified atom stereocenters. The predicted octanol–water partition coefficient (Wildman–Crippen LogP) is 2.07. The Labute approximate surface area is 88.4 Å². The molecule has 0 saturated heterocycles. The van der Waals surface area contributed by atoms with Crippen LogP contribution >= 0.6 is 0 Å². The largest absolute Gasteiger partial charge is 0.377 e. The molecule has 0 spiro atoms. The standard InChI is InChI=1S/C11H26N2O/c1-6-8-9(14-7-2)10(13-12)11(3,4)5/h9-10,13H,6-8,12H2,1-5H3. The Morgan fingerprint density at radius 2 is 1.86 bits per heavy atom. The number of nitrogens with two attached hydrogens (primary N) is 1. The van der Waals surface area contributed by atoms with E-state index in [1.54, 1.807) is 0 Å². The number of hydrogen-bond donors (Lipinski definition) is 2. The van der Waals surface area contributed by atoms with Crippen LogP contribution in [0.1, 0.15) is 47.5 Å². The van der Waals surface area contributed by atoms with Gasteiger partial charge in [-0.15, -0.1) is 0 Å². The van der Waals surface area contributed by atoms with E-state index in [-0.39, 0.29) is 17.6 Å². The lowest BCUT2D eigenvalue weighted by Crippen LogP contribution is -2.52. The molecule has 14 heavy (non-hydrogen) atoms. The van der Waals surface area contributed by atoms with Crippen LogP contribution in [0.4, 0.5) is 0 Å². The summed E-state index contributed by atoms with van der Waals surface area (Å²) in [7, 11) is 0. The quantitative estimate of drug-likeness (QED) is 0.512. The topological polar surface area (TPSA) is 47.3 Å². The SMILES string of the molecule is CCCC(OCC)C(NN)C(C)(C)C. The van der Waals surface area contributed by atoms with Crippen LogP contribution in [0.5, 0.6) is 0 Å². The zero-order chi connectivity index (χ0) is 11.2. The van der Waals surface area contributed by atoms with Crippen molar-refractivity contribution in [2.45, 2.75) is 59.6 Å². The van der Waals surface area contributed by atoms with Gasteiger partial charge in [0.05, 0.1) is 12.1 Å². The summed E-state index contributed by atoms with van der Waals surface area (Å²) in [5.41, 5.74) is 3.02. The zero-order valence-corrected chi connectivity index (χ0v) is 10.3. The highest BCUT2D eigenvalue weighted by atomic mass is 16.5. The van der Waals surface area contributed by atoms with Crippen molar-refractivity contribution in [2.24, 2.45) is 11.3 Å².